The molecule has 4 rings (SSSR count). The molecule has 166 valence electrons. The van der Waals surface area contributed by atoms with Crippen molar-refractivity contribution in [3.8, 4) is 0 Å². The number of hydrogen-bond acceptors (Lipinski definition) is 6. The van der Waals surface area contributed by atoms with E-state index < -0.39 is 0 Å². The van der Waals surface area contributed by atoms with E-state index in [2.05, 4.69) is 53.4 Å². The minimum atomic E-state index is -0.379. The van der Waals surface area contributed by atoms with Gasteiger partial charge in [0.15, 0.2) is 0 Å². The smallest absolute Gasteiger partial charge is 0.351 e. The molecular weight excluding hydrogens is 402 g/mol. The third kappa shape index (κ3) is 5.04. The van der Waals surface area contributed by atoms with Gasteiger partial charge in [0, 0.05) is 18.8 Å². The van der Waals surface area contributed by atoms with Crippen molar-refractivity contribution >= 4 is 23.0 Å². The highest BCUT2D eigenvalue weighted by atomic mass is 16.6. The number of nitro groups is 1. The zero-order valence-electron chi connectivity index (χ0n) is 18.6. The molecule has 1 fully saturated rings. The molecule has 7 heteroatoms. The van der Waals surface area contributed by atoms with Crippen LogP contribution in [0.25, 0.3) is 0 Å². The van der Waals surface area contributed by atoms with E-state index in [1.54, 1.807) is 0 Å². The Morgan fingerprint density at radius 1 is 1.06 bits per heavy atom. The quantitative estimate of drug-likeness (QED) is 0.381. The molecule has 0 bridgehead atoms. The molecule has 1 aromatic heterocycles. The van der Waals surface area contributed by atoms with Gasteiger partial charge in [-0.3, -0.25) is 10.1 Å². The first-order valence-electron chi connectivity index (χ1n) is 11.2. The molecule has 2 heterocycles. The Labute approximate surface area is 188 Å². The lowest BCUT2D eigenvalue weighted by Gasteiger charge is -2.32. The molecule has 7 nitrogen and oxygen atoms in total. The highest BCUT2D eigenvalue weighted by Gasteiger charge is 2.30. The fraction of sp³-hybridized carbons (Fsp3) is 0.360. The number of aromatic nitrogens is 2. The summed E-state index contributed by atoms with van der Waals surface area (Å²) >= 11 is 0. The standard InChI is InChI=1S/C25H29N5O2/c1-18(2)21-8-10-22(11-9-21)28-24-23(30(31)32)25(27-17-26-24)29-14-12-20(13-15-29)16-19-6-4-3-5-7-19/h3-11,17-18,20H,12-16H2,1-2H3,(H,26,27,28). The number of anilines is 3. The summed E-state index contributed by atoms with van der Waals surface area (Å²) in [6, 6.07) is 18.4. The lowest BCUT2D eigenvalue weighted by molar-refractivity contribution is -0.383. The Morgan fingerprint density at radius 2 is 1.75 bits per heavy atom. The second-order valence-corrected chi connectivity index (χ2v) is 8.67. The van der Waals surface area contributed by atoms with Crippen LogP contribution in [0, 0.1) is 16.0 Å². The fourth-order valence-electron chi connectivity index (χ4n) is 4.24. The van der Waals surface area contributed by atoms with Crippen molar-refractivity contribution in [1.82, 2.24) is 9.97 Å². The summed E-state index contributed by atoms with van der Waals surface area (Å²) < 4.78 is 0. The topological polar surface area (TPSA) is 84.2 Å². The molecule has 0 aliphatic carbocycles. The molecule has 0 amide bonds. The van der Waals surface area contributed by atoms with E-state index in [4.69, 9.17) is 0 Å². The van der Waals surface area contributed by atoms with E-state index in [1.165, 1.54) is 17.5 Å². The monoisotopic (exact) mass is 431 g/mol. The van der Waals surface area contributed by atoms with Crippen LogP contribution in [0.4, 0.5) is 23.0 Å². The number of rotatable bonds is 7. The Kier molecular flexibility index (Phi) is 6.63. The number of piperidine rings is 1. The summed E-state index contributed by atoms with van der Waals surface area (Å²) in [6.07, 6.45) is 4.41. The van der Waals surface area contributed by atoms with Gasteiger partial charge in [-0.05, 0) is 54.4 Å². The predicted molar refractivity (Wildman–Crippen MR) is 128 cm³/mol. The van der Waals surface area contributed by atoms with E-state index in [1.807, 2.05) is 35.2 Å². The van der Waals surface area contributed by atoms with Gasteiger partial charge in [0.1, 0.15) is 6.33 Å². The van der Waals surface area contributed by atoms with Crippen LogP contribution in [0.2, 0.25) is 0 Å². The lowest BCUT2D eigenvalue weighted by atomic mass is 9.90. The van der Waals surface area contributed by atoms with Gasteiger partial charge in [-0.25, -0.2) is 9.97 Å². The van der Waals surface area contributed by atoms with E-state index in [9.17, 15) is 10.1 Å². The molecule has 2 aromatic carbocycles. The SMILES string of the molecule is CC(C)c1ccc(Nc2ncnc(N3CCC(Cc4ccccc4)CC3)c2[N+](=O)[O-])cc1. The third-order valence-corrected chi connectivity index (χ3v) is 6.11. The summed E-state index contributed by atoms with van der Waals surface area (Å²) in [5.41, 5.74) is 3.26. The van der Waals surface area contributed by atoms with Gasteiger partial charge >= 0.3 is 5.69 Å². The van der Waals surface area contributed by atoms with E-state index in [-0.39, 0.29) is 16.4 Å². The van der Waals surface area contributed by atoms with Gasteiger partial charge in [-0.1, -0.05) is 56.3 Å². The Morgan fingerprint density at radius 3 is 2.38 bits per heavy atom. The van der Waals surface area contributed by atoms with E-state index in [0.717, 1.165) is 38.0 Å². The number of nitrogens with zero attached hydrogens (tertiary/aromatic N) is 4. The molecule has 1 saturated heterocycles. The summed E-state index contributed by atoms with van der Waals surface area (Å²) in [7, 11) is 0. The van der Waals surface area contributed by atoms with Crippen molar-refractivity contribution < 1.29 is 4.92 Å². The van der Waals surface area contributed by atoms with Crippen LogP contribution in [-0.4, -0.2) is 28.0 Å². The van der Waals surface area contributed by atoms with Crippen LogP contribution in [0.1, 0.15) is 43.7 Å². The molecule has 1 N–H and O–H groups in total. The van der Waals surface area contributed by atoms with Gasteiger partial charge < -0.3 is 10.2 Å². The fourth-order valence-corrected chi connectivity index (χ4v) is 4.24. The second kappa shape index (κ2) is 9.77. The summed E-state index contributed by atoms with van der Waals surface area (Å²) in [5, 5.41) is 15.1. The molecule has 3 aromatic rings. The molecule has 1 aliphatic heterocycles. The van der Waals surface area contributed by atoms with E-state index in [0.29, 0.717) is 17.7 Å². The molecule has 0 atom stereocenters. The predicted octanol–water partition coefficient (Wildman–Crippen LogP) is 5.71. The maximum absolute atomic E-state index is 12.0. The second-order valence-electron chi connectivity index (χ2n) is 8.67. The first-order chi connectivity index (χ1) is 15.5. The van der Waals surface area contributed by atoms with Crippen molar-refractivity contribution in [2.45, 2.75) is 39.0 Å². The zero-order chi connectivity index (χ0) is 22.5. The van der Waals surface area contributed by atoms with Crippen LogP contribution in [0.15, 0.2) is 60.9 Å². The maximum Gasteiger partial charge on any atom is 0.353 e. The summed E-state index contributed by atoms with van der Waals surface area (Å²) in [6.45, 7) is 5.76. The van der Waals surface area contributed by atoms with Crippen molar-refractivity contribution in [2.24, 2.45) is 5.92 Å². The average Bonchev–Trinajstić information content (AvgIpc) is 2.80. The summed E-state index contributed by atoms with van der Waals surface area (Å²) in [4.78, 5) is 22.1. The Balaban J connectivity index is 1.49. The highest BCUT2D eigenvalue weighted by molar-refractivity contribution is 5.74. The van der Waals surface area contributed by atoms with Gasteiger partial charge in [0.05, 0.1) is 4.92 Å². The largest absolute Gasteiger partial charge is 0.353 e. The van der Waals surface area contributed by atoms with Gasteiger partial charge in [0.2, 0.25) is 11.6 Å². The maximum atomic E-state index is 12.0. The molecule has 1 aliphatic rings. The molecule has 0 spiro atoms. The summed E-state index contributed by atoms with van der Waals surface area (Å²) in [5.74, 6) is 1.62. The number of benzene rings is 2. The number of nitrogens with one attached hydrogen (secondary N) is 1. The minimum absolute atomic E-state index is 0.0676. The van der Waals surface area contributed by atoms with E-state index >= 15 is 0 Å². The molecule has 0 saturated carbocycles. The first kappa shape index (κ1) is 21.7. The van der Waals surface area contributed by atoms with Crippen LogP contribution in [-0.2, 0) is 6.42 Å². The normalized spacial score (nSPS) is 14.5. The molecule has 32 heavy (non-hydrogen) atoms. The van der Waals surface area contributed by atoms with Crippen molar-refractivity contribution in [3.63, 3.8) is 0 Å². The zero-order valence-corrected chi connectivity index (χ0v) is 18.6. The molecular formula is C25H29N5O2. The minimum Gasteiger partial charge on any atom is -0.351 e. The molecule has 0 unspecified atom stereocenters. The third-order valence-electron chi connectivity index (χ3n) is 6.11. The van der Waals surface area contributed by atoms with Crippen molar-refractivity contribution in [2.75, 3.05) is 23.3 Å². The van der Waals surface area contributed by atoms with Crippen LogP contribution in [0.5, 0.6) is 0 Å². The van der Waals surface area contributed by atoms with Crippen LogP contribution in [0.3, 0.4) is 0 Å². The molecule has 0 radical (unpaired) electrons. The van der Waals surface area contributed by atoms with Gasteiger partial charge in [0.25, 0.3) is 0 Å². The number of hydrogen-bond donors (Lipinski definition) is 1. The Hall–Kier alpha value is -3.48. The van der Waals surface area contributed by atoms with Crippen LogP contribution >= 0.6 is 0 Å². The van der Waals surface area contributed by atoms with Gasteiger partial charge in [-0.2, -0.15) is 0 Å². The van der Waals surface area contributed by atoms with Crippen molar-refractivity contribution in [3.05, 3.63) is 82.2 Å². The van der Waals surface area contributed by atoms with Crippen LogP contribution < -0.4 is 10.2 Å². The van der Waals surface area contributed by atoms with Crippen molar-refractivity contribution in [1.29, 1.82) is 0 Å². The van der Waals surface area contributed by atoms with Gasteiger partial charge in [-0.15, -0.1) is 0 Å². The highest BCUT2D eigenvalue weighted by Crippen LogP contribution is 2.36. The Bertz CT molecular complexity index is 1050. The lowest BCUT2D eigenvalue weighted by Crippen LogP contribution is -2.35. The first-order valence-corrected chi connectivity index (χ1v) is 11.2. The average molecular weight is 432 g/mol.